The predicted molar refractivity (Wildman–Crippen MR) is 57.4 cm³/mol. The minimum Gasteiger partial charge on any atom is -0.508 e. The molecule has 0 aliphatic carbocycles. The molecule has 15 heavy (non-hydrogen) atoms. The van der Waals surface area contributed by atoms with Gasteiger partial charge in [0.15, 0.2) is 0 Å². The second-order valence-electron chi connectivity index (χ2n) is 3.47. The van der Waals surface area contributed by atoms with Gasteiger partial charge in [-0.05, 0) is 18.6 Å². The molecule has 1 atom stereocenters. The Bertz CT molecular complexity index is 343. The van der Waals surface area contributed by atoms with Crippen LogP contribution in [0.4, 0.5) is 5.69 Å². The maximum atomic E-state index is 11.2. The molecule has 0 saturated carbocycles. The number of hydrogen-bond donors (Lipinski definition) is 2. The molecule has 0 aliphatic heterocycles. The zero-order valence-corrected chi connectivity index (χ0v) is 8.86. The van der Waals surface area contributed by atoms with E-state index in [1.54, 1.807) is 25.1 Å². The number of phenols is 1. The van der Waals surface area contributed by atoms with Gasteiger partial charge in [0.05, 0.1) is 13.0 Å². The summed E-state index contributed by atoms with van der Waals surface area (Å²) < 4.78 is 4.60. The standard InChI is InChI=1S/C11H15NO3/c1-7(11(14)15-2)6-8-9(12)4-3-5-10(8)13/h3-5,7,13H,6,12H2,1-2H3. The van der Waals surface area contributed by atoms with Crippen molar-refractivity contribution in [2.45, 2.75) is 13.3 Å². The van der Waals surface area contributed by atoms with Gasteiger partial charge in [-0.3, -0.25) is 4.79 Å². The van der Waals surface area contributed by atoms with Crippen LogP contribution >= 0.6 is 0 Å². The minimum atomic E-state index is -0.314. The van der Waals surface area contributed by atoms with E-state index < -0.39 is 0 Å². The number of rotatable bonds is 3. The topological polar surface area (TPSA) is 72.5 Å². The van der Waals surface area contributed by atoms with Crippen LogP contribution in [0, 0.1) is 5.92 Å². The van der Waals surface area contributed by atoms with Crippen LogP contribution in [0.2, 0.25) is 0 Å². The largest absolute Gasteiger partial charge is 0.508 e. The molecule has 1 unspecified atom stereocenters. The second kappa shape index (κ2) is 4.68. The average Bonchev–Trinajstić information content (AvgIpc) is 2.22. The number of phenolic OH excluding ortho intramolecular Hbond substituents is 1. The maximum Gasteiger partial charge on any atom is 0.308 e. The van der Waals surface area contributed by atoms with Crippen molar-refractivity contribution in [1.29, 1.82) is 0 Å². The Labute approximate surface area is 88.7 Å². The molecule has 0 amide bonds. The summed E-state index contributed by atoms with van der Waals surface area (Å²) in [6.45, 7) is 1.73. The van der Waals surface area contributed by atoms with Crippen LogP contribution in [0.5, 0.6) is 5.75 Å². The van der Waals surface area contributed by atoms with Gasteiger partial charge in [-0.15, -0.1) is 0 Å². The van der Waals surface area contributed by atoms with Gasteiger partial charge in [0.1, 0.15) is 5.75 Å². The number of esters is 1. The summed E-state index contributed by atoms with van der Waals surface area (Å²) in [4.78, 5) is 11.2. The summed E-state index contributed by atoms with van der Waals surface area (Å²) >= 11 is 0. The monoisotopic (exact) mass is 209 g/mol. The highest BCUT2D eigenvalue weighted by molar-refractivity contribution is 5.73. The van der Waals surface area contributed by atoms with Crippen LogP contribution in [0.15, 0.2) is 18.2 Å². The highest BCUT2D eigenvalue weighted by Gasteiger charge is 2.17. The fourth-order valence-electron chi connectivity index (χ4n) is 1.41. The quantitative estimate of drug-likeness (QED) is 0.581. The van der Waals surface area contributed by atoms with Crippen LogP contribution in [-0.2, 0) is 16.0 Å². The molecule has 0 aromatic heterocycles. The van der Waals surface area contributed by atoms with Gasteiger partial charge in [-0.1, -0.05) is 13.0 Å². The zero-order valence-electron chi connectivity index (χ0n) is 8.86. The maximum absolute atomic E-state index is 11.2. The molecule has 1 aromatic carbocycles. The summed E-state index contributed by atoms with van der Waals surface area (Å²) in [7, 11) is 1.34. The first kappa shape index (κ1) is 11.4. The van der Waals surface area contributed by atoms with Gasteiger partial charge in [0.2, 0.25) is 0 Å². The Morgan fingerprint density at radius 2 is 2.27 bits per heavy atom. The third-order valence-electron chi connectivity index (χ3n) is 2.30. The van der Waals surface area contributed by atoms with Crippen LogP contribution in [0.25, 0.3) is 0 Å². The van der Waals surface area contributed by atoms with Crippen molar-refractivity contribution in [3.63, 3.8) is 0 Å². The second-order valence-corrected chi connectivity index (χ2v) is 3.47. The van der Waals surface area contributed by atoms with Crippen molar-refractivity contribution in [3.8, 4) is 5.75 Å². The molecule has 0 aliphatic rings. The minimum absolute atomic E-state index is 0.116. The molecule has 0 radical (unpaired) electrons. The Morgan fingerprint density at radius 3 is 2.80 bits per heavy atom. The summed E-state index contributed by atoms with van der Waals surface area (Å²) in [5.41, 5.74) is 6.78. The third kappa shape index (κ3) is 2.62. The first-order valence-electron chi connectivity index (χ1n) is 4.70. The molecule has 1 aromatic rings. The molecule has 3 N–H and O–H groups in total. The van der Waals surface area contributed by atoms with Crippen molar-refractivity contribution in [2.24, 2.45) is 5.92 Å². The Balaban J connectivity index is 2.85. The average molecular weight is 209 g/mol. The van der Waals surface area contributed by atoms with E-state index in [9.17, 15) is 9.90 Å². The number of anilines is 1. The van der Waals surface area contributed by atoms with Crippen LogP contribution < -0.4 is 5.73 Å². The highest BCUT2D eigenvalue weighted by Crippen LogP contribution is 2.26. The van der Waals surface area contributed by atoms with Gasteiger partial charge in [0.25, 0.3) is 0 Å². The number of carbonyl (C=O) groups is 1. The molecule has 0 heterocycles. The lowest BCUT2D eigenvalue weighted by molar-refractivity contribution is -0.144. The van der Waals surface area contributed by atoms with Crippen molar-refractivity contribution in [2.75, 3.05) is 12.8 Å². The van der Waals surface area contributed by atoms with Gasteiger partial charge in [-0.2, -0.15) is 0 Å². The van der Waals surface area contributed by atoms with E-state index in [2.05, 4.69) is 4.74 Å². The normalized spacial score (nSPS) is 12.1. The van der Waals surface area contributed by atoms with Gasteiger partial charge >= 0.3 is 5.97 Å². The highest BCUT2D eigenvalue weighted by atomic mass is 16.5. The summed E-state index contributed by atoms with van der Waals surface area (Å²) in [5.74, 6) is -0.506. The number of ether oxygens (including phenoxy) is 1. The van der Waals surface area contributed by atoms with E-state index in [1.165, 1.54) is 7.11 Å². The van der Waals surface area contributed by atoms with Crippen LogP contribution in [-0.4, -0.2) is 18.2 Å². The van der Waals surface area contributed by atoms with Gasteiger partial charge in [0, 0.05) is 11.3 Å². The van der Waals surface area contributed by atoms with Crippen LogP contribution in [0.3, 0.4) is 0 Å². The fourth-order valence-corrected chi connectivity index (χ4v) is 1.41. The molecule has 0 bridgehead atoms. The van der Waals surface area contributed by atoms with Crippen molar-refractivity contribution >= 4 is 11.7 Å². The summed E-state index contributed by atoms with van der Waals surface area (Å²) in [6, 6.07) is 4.91. The number of aromatic hydroxyl groups is 1. The Morgan fingerprint density at radius 1 is 1.60 bits per heavy atom. The molecule has 82 valence electrons. The van der Waals surface area contributed by atoms with E-state index in [4.69, 9.17) is 5.73 Å². The fraction of sp³-hybridized carbons (Fsp3) is 0.364. The first-order valence-corrected chi connectivity index (χ1v) is 4.70. The van der Waals surface area contributed by atoms with E-state index in [1.807, 2.05) is 0 Å². The first-order chi connectivity index (χ1) is 7.06. The van der Waals surface area contributed by atoms with Crippen molar-refractivity contribution in [3.05, 3.63) is 23.8 Å². The number of hydrogen-bond acceptors (Lipinski definition) is 4. The van der Waals surface area contributed by atoms with Gasteiger partial charge < -0.3 is 15.6 Å². The van der Waals surface area contributed by atoms with E-state index in [0.29, 0.717) is 17.7 Å². The van der Waals surface area contributed by atoms with E-state index >= 15 is 0 Å². The molecule has 1 rings (SSSR count). The number of methoxy groups -OCH3 is 1. The zero-order chi connectivity index (χ0) is 11.4. The lowest BCUT2D eigenvalue weighted by Gasteiger charge is -2.12. The number of nitrogen functional groups attached to an aromatic ring is 1. The molecule has 0 saturated heterocycles. The third-order valence-corrected chi connectivity index (χ3v) is 2.30. The smallest absolute Gasteiger partial charge is 0.308 e. The molecule has 0 fully saturated rings. The summed E-state index contributed by atoms with van der Waals surface area (Å²) in [5, 5.41) is 9.56. The SMILES string of the molecule is COC(=O)C(C)Cc1c(N)cccc1O. The molecular weight excluding hydrogens is 194 g/mol. The Kier molecular flexibility index (Phi) is 3.55. The Hall–Kier alpha value is -1.71. The molecule has 4 heteroatoms. The lowest BCUT2D eigenvalue weighted by Crippen LogP contribution is -2.15. The van der Waals surface area contributed by atoms with Gasteiger partial charge in [-0.25, -0.2) is 0 Å². The number of benzene rings is 1. The lowest BCUT2D eigenvalue weighted by atomic mass is 9.99. The number of carbonyl (C=O) groups excluding carboxylic acids is 1. The molecular formula is C11H15NO3. The summed E-state index contributed by atoms with van der Waals surface area (Å²) in [6.07, 6.45) is 0.380. The van der Waals surface area contributed by atoms with Crippen LogP contribution in [0.1, 0.15) is 12.5 Å². The number of nitrogens with two attached hydrogens (primary N) is 1. The van der Waals surface area contributed by atoms with Crippen molar-refractivity contribution in [1.82, 2.24) is 0 Å². The van der Waals surface area contributed by atoms with E-state index in [-0.39, 0.29) is 17.6 Å². The predicted octanol–water partition coefficient (Wildman–Crippen LogP) is 1.33. The van der Waals surface area contributed by atoms with Crippen molar-refractivity contribution < 1.29 is 14.6 Å². The molecule has 0 spiro atoms. The molecule has 4 nitrogen and oxygen atoms in total. The van der Waals surface area contributed by atoms with E-state index in [0.717, 1.165) is 0 Å².